The quantitative estimate of drug-likeness (QED) is 0.748. The van der Waals surface area contributed by atoms with Crippen molar-refractivity contribution in [1.82, 2.24) is 4.98 Å². The van der Waals surface area contributed by atoms with Crippen molar-refractivity contribution in [3.8, 4) is 0 Å². The lowest BCUT2D eigenvalue weighted by atomic mass is 10.2. The maximum Gasteiger partial charge on any atom is 0.106 e. The van der Waals surface area contributed by atoms with E-state index in [9.17, 15) is 0 Å². The molecule has 3 heteroatoms. The molecule has 1 aromatic rings. The molecular formula is C11H17N2O+. The summed E-state index contributed by atoms with van der Waals surface area (Å²) in [6, 6.07) is 4.09. The lowest BCUT2D eigenvalue weighted by Gasteiger charge is -2.07. The van der Waals surface area contributed by atoms with Crippen LogP contribution in [0.4, 0.5) is 0 Å². The molecule has 0 aliphatic carbocycles. The Morgan fingerprint density at radius 2 is 2.57 bits per heavy atom. The molecule has 2 heterocycles. The monoisotopic (exact) mass is 193 g/mol. The van der Waals surface area contributed by atoms with Crippen LogP contribution in [-0.4, -0.2) is 24.2 Å². The van der Waals surface area contributed by atoms with Crippen LogP contribution >= 0.6 is 0 Å². The van der Waals surface area contributed by atoms with Crippen LogP contribution in [0.5, 0.6) is 0 Å². The third-order valence-corrected chi connectivity index (χ3v) is 2.56. The van der Waals surface area contributed by atoms with Crippen LogP contribution in [0, 0.1) is 0 Å². The Morgan fingerprint density at radius 3 is 3.29 bits per heavy atom. The summed E-state index contributed by atoms with van der Waals surface area (Å²) in [6.45, 7) is 3.04. The molecule has 76 valence electrons. The first kappa shape index (κ1) is 9.62. The van der Waals surface area contributed by atoms with Crippen molar-refractivity contribution >= 4 is 0 Å². The Balaban J connectivity index is 1.67. The summed E-state index contributed by atoms with van der Waals surface area (Å²) in [6.07, 6.45) is 6.66. The highest BCUT2D eigenvalue weighted by Crippen LogP contribution is 2.09. The largest absolute Gasteiger partial charge is 0.372 e. The van der Waals surface area contributed by atoms with Crippen molar-refractivity contribution in [1.29, 1.82) is 0 Å². The third kappa shape index (κ3) is 2.79. The fourth-order valence-electron chi connectivity index (χ4n) is 1.78. The molecule has 0 unspecified atom stereocenters. The first-order valence-electron chi connectivity index (χ1n) is 5.27. The SMILES string of the molecule is c1cncc(C[NH2+]C[C@@H]2CCCO2)c1. The van der Waals surface area contributed by atoms with Gasteiger partial charge in [-0.25, -0.2) is 0 Å². The van der Waals surface area contributed by atoms with Crippen molar-refractivity contribution in [2.24, 2.45) is 0 Å². The van der Waals surface area contributed by atoms with E-state index in [-0.39, 0.29) is 0 Å². The fraction of sp³-hybridized carbons (Fsp3) is 0.545. The Labute approximate surface area is 84.5 Å². The van der Waals surface area contributed by atoms with Crippen molar-refractivity contribution < 1.29 is 10.1 Å². The molecular weight excluding hydrogens is 176 g/mol. The van der Waals surface area contributed by atoms with Gasteiger partial charge in [-0.1, -0.05) is 6.07 Å². The van der Waals surface area contributed by atoms with Gasteiger partial charge in [-0.2, -0.15) is 0 Å². The zero-order valence-corrected chi connectivity index (χ0v) is 8.36. The molecule has 0 radical (unpaired) electrons. The van der Waals surface area contributed by atoms with Gasteiger partial charge in [0.1, 0.15) is 19.2 Å². The van der Waals surface area contributed by atoms with Crippen molar-refractivity contribution in [3.05, 3.63) is 30.1 Å². The van der Waals surface area contributed by atoms with Crippen LogP contribution < -0.4 is 5.32 Å². The Bertz CT molecular complexity index is 257. The molecule has 0 amide bonds. The predicted molar refractivity (Wildman–Crippen MR) is 53.7 cm³/mol. The highest BCUT2D eigenvalue weighted by molar-refractivity contribution is 5.06. The van der Waals surface area contributed by atoms with Gasteiger partial charge in [0.2, 0.25) is 0 Å². The molecule has 0 bridgehead atoms. The summed E-state index contributed by atoms with van der Waals surface area (Å²) in [5, 5.41) is 2.30. The number of nitrogens with zero attached hydrogens (tertiary/aromatic N) is 1. The number of rotatable bonds is 4. The Hall–Kier alpha value is -0.930. The number of nitrogens with two attached hydrogens (primary N) is 1. The smallest absolute Gasteiger partial charge is 0.106 e. The van der Waals surface area contributed by atoms with E-state index < -0.39 is 0 Å². The summed E-state index contributed by atoms with van der Waals surface area (Å²) in [7, 11) is 0. The van der Waals surface area contributed by atoms with Crippen molar-refractivity contribution in [2.45, 2.75) is 25.5 Å². The van der Waals surface area contributed by atoms with Crippen LogP contribution in [0.25, 0.3) is 0 Å². The number of hydrogen-bond donors (Lipinski definition) is 1. The molecule has 1 aliphatic heterocycles. The lowest BCUT2D eigenvalue weighted by molar-refractivity contribution is -0.676. The first-order chi connectivity index (χ1) is 6.95. The maximum absolute atomic E-state index is 5.54. The van der Waals surface area contributed by atoms with Crippen LogP contribution in [0.3, 0.4) is 0 Å². The second-order valence-corrected chi connectivity index (χ2v) is 3.72. The molecule has 2 N–H and O–H groups in total. The molecule has 1 aromatic heterocycles. The molecule has 14 heavy (non-hydrogen) atoms. The summed E-state index contributed by atoms with van der Waals surface area (Å²) in [5.74, 6) is 0. The van der Waals surface area contributed by atoms with E-state index in [2.05, 4.69) is 16.4 Å². The summed E-state index contributed by atoms with van der Waals surface area (Å²) < 4.78 is 5.54. The van der Waals surface area contributed by atoms with E-state index in [1.165, 1.54) is 18.4 Å². The number of hydrogen-bond acceptors (Lipinski definition) is 2. The minimum absolute atomic E-state index is 0.478. The molecule has 1 atom stereocenters. The summed E-state index contributed by atoms with van der Waals surface area (Å²) >= 11 is 0. The van der Waals surface area contributed by atoms with Gasteiger partial charge in [-0.05, 0) is 18.9 Å². The van der Waals surface area contributed by atoms with Gasteiger partial charge < -0.3 is 10.1 Å². The van der Waals surface area contributed by atoms with Crippen molar-refractivity contribution in [3.63, 3.8) is 0 Å². The van der Waals surface area contributed by atoms with Crippen LogP contribution in [0.1, 0.15) is 18.4 Å². The van der Waals surface area contributed by atoms with Gasteiger partial charge in [0.05, 0.1) is 0 Å². The van der Waals surface area contributed by atoms with Crippen LogP contribution in [0.2, 0.25) is 0 Å². The van der Waals surface area contributed by atoms with Gasteiger partial charge in [-0.3, -0.25) is 4.98 Å². The molecule has 3 nitrogen and oxygen atoms in total. The molecule has 1 aliphatic rings. The van der Waals surface area contributed by atoms with Gasteiger partial charge in [0, 0.05) is 24.6 Å². The van der Waals surface area contributed by atoms with E-state index in [0.717, 1.165) is 19.7 Å². The minimum Gasteiger partial charge on any atom is -0.372 e. The standard InChI is InChI=1S/C11H16N2O/c1-3-10(7-12-5-1)8-13-9-11-4-2-6-14-11/h1,3,5,7,11,13H,2,4,6,8-9H2/p+1/t11-/m0/s1. The number of pyridine rings is 1. The second kappa shape index (κ2) is 5.08. The second-order valence-electron chi connectivity index (χ2n) is 3.72. The fourth-order valence-corrected chi connectivity index (χ4v) is 1.78. The van der Waals surface area contributed by atoms with Gasteiger partial charge >= 0.3 is 0 Å². The van der Waals surface area contributed by atoms with E-state index >= 15 is 0 Å². The molecule has 0 aromatic carbocycles. The molecule has 1 fully saturated rings. The first-order valence-corrected chi connectivity index (χ1v) is 5.27. The third-order valence-electron chi connectivity index (χ3n) is 2.56. The highest BCUT2D eigenvalue weighted by atomic mass is 16.5. The van der Waals surface area contributed by atoms with E-state index in [0.29, 0.717) is 6.10 Å². The molecule has 1 saturated heterocycles. The maximum atomic E-state index is 5.54. The Kier molecular flexibility index (Phi) is 3.49. The number of quaternary nitrogens is 1. The van der Waals surface area contributed by atoms with E-state index in [1.807, 2.05) is 18.5 Å². The Morgan fingerprint density at radius 1 is 1.57 bits per heavy atom. The lowest BCUT2D eigenvalue weighted by Crippen LogP contribution is -2.84. The topological polar surface area (TPSA) is 38.7 Å². The van der Waals surface area contributed by atoms with Crippen molar-refractivity contribution in [2.75, 3.05) is 13.2 Å². The normalized spacial score (nSPS) is 21.3. The van der Waals surface area contributed by atoms with Gasteiger partial charge in [0.15, 0.2) is 0 Å². The average molecular weight is 193 g/mol. The van der Waals surface area contributed by atoms with E-state index in [1.54, 1.807) is 0 Å². The summed E-state index contributed by atoms with van der Waals surface area (Å²) in [5.41, 5.74) is 1.28. The number of aromatic nitrogens is 1. The van der Waals surface area contributed by atoms with E-state index in [4.69, 9.17) is 4.74 Å². The molecule has 2 rings (SSSR count). The highest BCUT2D eigenvalue weighted by Gasteiger charge is 2.16. The van der Waals surface area contributed by atoms with Gasteiger partial charge in [-0.15, -0.1) is 0 Å². The van der Waals surface area contributed by atoms with Gasteiger partial charge in [0.25, 0.3) is 0 Å². The zero-order valence-electron chi connectivity index (χ0n) is 8.36. The zero-order chi connectivity index (χ0) is 9.64. The predicted octanol–water partition coefficient (Wildman–Crippen LogP) is 0.324. The summed E-state index contributed by atoms with van der Waals surface area (Å²) in [4.78, 5) is 4.08. The van der Waals surface area contributed by atoms with Crippen LogP contribution in [0.15, 0.2) is 24.5 Å². The minimum atomic E-state index is 0.478. The van der Waals surface area contributed by atoms with Crippen LogP contribution in [-0.2, 0) is 11.3 Å². The molecule has 0 spiro atoms. The number of ether oxygens (including phenoxy) is 1. The average Bonchev–Trinajstić information content (AvgIpc) is 2.72. The molecule has 0 saturated carbocycles.